The number of carbonyl (C=O) groups excluding carboxylic acids is 1. The van der Waals surface area contributed by atoms with Crippen LogP contribution in [0, 0.1) is 11.6 Å². The Bertz CT molecular complexity index is 1030. The zero-order valence-corrected chi connectivity index (χ0v) is 17.3. The van der Waals surface area contributed by atoms with Crippen LogP contribution in [-0.2, 0) is 14.8 Å². The molecule has 11 heteroatoms. The molecule has 0 aromatic heterocycles. The lowest BCUT2D eigenvalue weighted by Gasteiger charge is -2.34. The summed E-state index contributed by atoms with van der Waals surface area (Å²) in [4.78, 5) is 13.0. The summed E-state index contributed by atoms with van der Waals surface area (Å²) in [6.45, 7) is -0.205. The van der Waals surface area contributed by atoms with Gasteiger partial charge in [-0.2, -0.15) is 4.31 Å². The van der Waals surface area contributed by atoms with Gasteiger partial charge in [-0.25, -0.2) is 17.2 Å². The van der Waals surface area contributed by atoms with Crippen LogP contribution in [0.5, 0.6) is 5.75 Å². The van der Waals surface area contributed by atoms with E-state index in [4.69, 9.17) is 27.9 Å². The molecule has 0 atom stereocenters. The van der Waals surface area contributed by atoms with E-state index in [0.29, 0.717) is 16.8 Å². The van der Waals surface area contributed by atoms with Crippen LogP contribution in [-0.4, -0.2) is 56.3 Å². The molecular formula is C18H16Cl2F2N2O4S. The smallest absolute Gasteiger partial charge is 0.260 e. The van der Waals surface area contributed by atoms with Gasteiger partial charge in [0.05, 0.1) is 5.02 Å². The molecule has 1 fully saturated rings. The predicted molar refractivity (Wildman–Crippen MR) is 104 cm³/mol. The zero-order chi connectivity index (χ0) is 21.2. The Balaban J connectivity index is 1.59. The number of ether oxygens (including phenoxy) is 1. The van der Waals surface area contributed by atoms with E-state index in [0.717, 1.165) is 16.4 Å². The first kappa shape index (κ1) is 21.8. The number of nitrogens with zero attached hydrogens (tertiary/aromatic N) is 2. The Labute approximate surface area is 176 Å². The molecule has 1 aliphatic rings. The average Bonchev–Trinajstić information content (AvgIpc) is 2.69. The summed E-state index contributed by atoms with van der Waals surface area (Å²) in [6, 6.07) is 6.85. The van der Waals surface area contributed by atoms with E-state index in [2.05, 4.69) is 0 Å². The Kier molecular flexibility index (Phi) is 6.62. The summed E-state index contributed by atoms with van der Waals surface area (Å²) in [6.07, 6.45) is 0. The normalized spacial score (nSPS) is 15.4. The number of amides is 1. The van der Waals surface area contributed by atoms with Crippen molar-refractivity contribution in [2.45, 2.75) is 4.90 Å². The first-order valence-electron chi connectivity index (χ1n) is 8.49. The van der Waals surface area contributed by atoms with Crippen LogP contribution >= 0.6 is 23.2 Å². The number of hydrogen-bond donors (Lipinski definition) is 0. The van der Waals surface area contributed by atoms with Gasteiger partial charge < -0.3 is 9.64 Å². The molecule has 0 spiro atoms. The highest BCUT2D eigenvalue weighted by Crippen LogP contribution is 2.27. The van der Waals surface area contributed by atoms with Gasteiger partial charge in [0.25, 0.3) is 5.91 Å². The first-order chi connectivity index (χ1) is 13.7. The van der Waals surface area contributed by atoms with Gasteiger partial charge in [-0.05, 0) is 36.4 Å². The molecule has 0 aliphatic carbocycles. The van der Waals surface area contributed by atoms with E-state index in [1.165, 1.54) is 17.0 Å². The van der Waals surface area contributed by atoms with Crippen LogP contribution in [0.3, 0.4) is 0 Å². The topological polar surface area (TPSA) is 66.9 Å². The first-order valence-corrected chi connectivity index (χ1v) is 10.7. The van der Waals surface area contributed by atoms with Crippen molar-refractivity contribution in [3.05, 3.63) is 58.1 Å². The van der Waals surface area contributed by atoms with Crippen molar-refractivity contribution in [2.24, 2.45) is 0 Å². The van der Waals surface area contributed by atoms with Crippen LogP contribution in [0.1, 0.15) is 0 Å². The van der Waals surface area contributed by atoms with Crippen molar-refractivity contribution in [3.8, 4) is 5.75 Å². The fraction of sp³-hybridized carbons (Fsp3) is 0.278. The highest BCUT2D eigenvalue weighted by molar-refractivity contribution is 7.89. The maximum atomic E-state index is 13.9. The van der Waals surface area contributed by atoms with Crippen molar-refractivity contribution in [1.29, 1.82) is 0 Å². The van der Waals surface area contributed by atoms with Crippen molar-refractivity contribution >= 4 is 39.1 Å². The Morgan fingerprint density at radius 3 is 2.38 bits per heavy atom. The number of benzene rings is 2. The quantitative estimate of drug-likeness (QED) is 0.681. The number of hydrogen-bond acceptors (Lipinski definition) is 4. The molecule has 2 aromatic carbocycles. The van der Waals surface area contributed by atoms with Gasteiger partial charge >= 0.3 is 0 Å². The van der Waals surface area contributed by atoms with Gasteiger partial charge in [-0.1, -0.05) is 23.2 Å². The van der Waals surface area contributed by atoms with E-state index < -0.39 is 26.6 Å². The van der Waals surface area contributed by atoms with Gasteiger partial charge in [-0.15, -0.1) is 0 Å². The van der Waals surface area contributed by atoms with Crippen molar-refractivity contribution in [2.75, 3.05) is 32.8 Å². The number of rotatable bonds is 5. The van der Waals surface area contributed by atoms with E-state index in [1.807, 2.05) is 0 Å². The summed E-state index contributed by atoms with van der Waals surface area (Å²) in [5.74, 6) is -1.94. The molecule has 29 heavy (non-hydrogen) atoms. The number of sulfonamides is 1. The summed E-state index contributed by atoms with van der Waals surface area (Å²) in [7, 11) is -4.21. The molecule has 0 unspecified atom stereocenters. The Hall–Kier alpha value is -1.94. The lowest BCUT2D eigenvalue weighted by molar-refractivity contribution is -0.134. The standard InChI is InChI=1S/C18H16Cl2F2N2O4S/c19-12-1-4-16(14(20)9-12)28-11-18(25)23-5-7-24(8-6-23)29(26,27)17-10-13(21)2-3-15(17)22/h1-4,9-10H,5-8,11H2. The Morgan fingerprint density at radius 1 is 1.03 bits per heavy atom. The second-order valence-corrected chi connectivity index (χ2v) is 8.97. The van der Waals surface area contributed by atoms with Crippen molar-refractivity contribution in [3.63, 3.8) is 0 Å². The molecule has 0 bridgehead atoms. The molecule has 0 N–H and O–H groups in total. The molecule has 1 aliphatic heterocycles. The molecule has 3 rings (SSSR count). The second kappa shape index (κ2) is 8.83. The third kappa shape index (κ3) is 4.98. The van der Waals surface area contributed by atoms with Crippen molar-refractivity contribution in [1.82, 2.24) is 9.21 Å². The van der Waals surface area contributed by atoms with Gasteiger partial charge in [-0.3, -0.25) is 4.79 Å². The summed E-state index contributed by atoms with van der Waals surface area (Å²) in [5, 5.41) is 0.694. The minimum Gasteiger partial charge on any atom is -0.482 e. The zero-order valence-electron chi connectivity index (χ0n) is 14.9. The summed E-state index contributed by atoms with van der Waals surface area (Å²) >= 11 is 11.8. The largest absolute Gasteiger partial charge is 0.482 e. The van der Waals surface area contributed by atoms with Gasteiger partial charge in [0.2, 0.25) is 10.0 Å². The van der Waals surface area contributed by atoms with Crippen LogP contribution in [0.4, 0.5) is 8.78 Å². The van der Waals surface area contributed by atoms with E-state index in [9.17, 15) is 22.0 Å². The van der Waals surface area contributed by atoms with E-state index >= 15 is 0 Å². The third-order valence-electron chi connectivity index (χ3n) is 4.35. The van der Waals surface area contributed by atoms with Crippen molar-refractivity contribution < 1.29 is 26.7 Å². The minimum atomic E-state index is -4.21. The molecular weight excluding hydrogens is 449 g/mol. The molecule has 1 saturated heterocycles. The molecule has 1 amide bonds. The van der Waals surface area contributed by atoms with E-state index in [1.54, 1.807) is 6.07 Å². The SMILES string of the molecule is O=C(COc1ccc(Cl)cc1Cl)N1CCN(S(=O)(=O)c2cc(F)ccc2F)CC1. The molecule has 6 nitrogen and oxygen atoms in total. The van der Waals surface area contributed by atoms with Gasteiger partial charge in [0.15, 0.2) is 6.61 Å². The summed E-state index contributed by atoms with van der Waals surface area (Å²) < 4.78 is 58.8. The monoisotopic (exact) mass is 464 g/mol. The lowest BCUT2D eigenvalue weighted by Crippen LogP contribution is -2.51. The highest BCUT2D eigenvalue weighted by atomic mass is 35.5. The number of halogens is 4. The lowest BCUT2D eigenvalue weighted by atomic mass is 10.3. The van der Waals surface area contributed by atoms with Crippen LogP contribution in [0.15, 0.2) is 41.3 Å². The molecule has 0 radical (unpaired) electrons. The van der Waals surface area contributed by atoms with Crippen LogP contribution in [0.25, 0.3) is 0 Å². The fourth-order valence-corrected chi connectivity index (χ4v) is 4.78. The van der Waals surface area contributed by atoms with Crippen LogP contribution < -0.4 is 4.74 Å². The van der Waals surface area contributed by atoms with Gasteiger partial charge in [0, 0.05) is 31.2 Å². The predicted octanol–water partition coefficient (Wildman–Crippen LogP) is 3.18. The Morgan fingerprint density at radius 2 is 1.72 bits per heavy atom. The second-order valence-electron chi connectivity index (χ2n) is 6.22. The fourth-order valence-electron chi connectivity index (χ4n) is 2.81. The molecule has 156 valence electrons. The number of carbonyl (C=O) groups is 1. The maximum Gasteiger partial charge on any atom is 0.260 e. The number of piperazine rings is 1. The summed E-state index contributed by atoms with van der Waals surface area (Å²) in [5.41, 5.74) is 0. The minimum absolute atomic E-state index is 0.0499. The molecule has 2 aromatic rings. The van der Waals surface area contributed by atoms with Crippen LogP contribution in [0.2, 0.25) is 10.0 Å². The van der Waals surface area contributed by atoms with E-state index in [-0.39, 0.29) is 43.7 Å². The molecule has 0 saturated carbocycles. The average molecular weight is 465 g/mol. The molecule has 1 heterocycles. The maximum absolute atomic E-state index is 13.9. The third-order valence-corrected chi connectivity index (χ3v) is 6.79. The highest BCUT2D eigenvalue weighted by Gasteiger charge is 2.32. The van der Waals surface area contributed by atoms with Gasteiger partial charge in [0.1, 0.15) is 22.3 Å².